The molecule has 1 aliphatic rings. The molecule has 4 nitrogen and oxygen atoms in total. The number of nitrogens with zero attached hydrogens (tertiary/aromatic N) is 2. The van der Waals surface area contributed by atoms with Gasteiger partial charge in [-0.05, 0) is 31.8 Å². The summed E-state index contributed by atoms with van der Waals surface area (Å²) in [6.45, 7) is 9.56. The van der Waals surface area contributed by atoms with E-state index in [4.69, 9.17) is 9.72 Å². The molecular weight excluding hydrogens is 270 g/mol. The topological polar surface area (TPSA) is 37.4 Å². The maximum atomic E-state index is 5.47. The summed E-state index contributed by atoms with van der Waals surface area (Å²) in [5.74, 6) is 0.689. The van der Waals surface area contributed by atoms with Crippen LogP contribution < -0.4 is 5.32 Å². The van der Waals surface area contributed by atoms with Gasteiger partial charge in [-0.25, -0.2) is 4.98 Å². The van der Waals surface area contributed by atoms with Gasteiger partial charge in [0.25, 0.3) is 0 Å². The first-order chi connectivity index (χ1) is 9.67. The SMILES string of the molecule is COC1CCCN(Cc2csc(CNCC(C)C)n2)C1. The second kappa shape index (κ2) is 8.08. The van der Waals surface area contributed by atoms with E-state index in [0.717, 1.165) is 32.7 Å². The number of rotatable bonds is 7. The first kappa shape index (κ1) is 15.9. The smallest absolute Gasteiger partial charge is 0.107 e. The molecule has 0 aliphatic carbocycles. The van der Waals surface area contributed by atoms with E-state index in [-0.39, 0.29) is 0 Å². The Kier molecular flexibility index (Phi) is 6.42. The van der Waals surface area contributed by atoms with Gasteiger partial charge in [0.1, 0.15) is 5.01 Å². The fourth-order valence-corrected chi connectivity index (χ4v) is 3.30. The van der Waals surface area contributed by atoms with Gasteiger partial charge in [-0.1, -0.05) is 13.8 Å². The Labute approximate surface area is 126 Å². The Morgan fingerprint density at radius 3 is 3.15 bits per heavy atom. The van der Waals surface area contributed by atoms with Gasteiger partial charge in [-0.15, -0.1) is 11.3 Å². The molecule has 1 aromatic rings. The van der Waals surface area contributed by atoms with Crippen LogP contribution in [0.1, 0.15) is 37.4 Å². The Morgan fingerprint density at radius 1 is 1.55 bits per heavy atom. The minimum atomic E-state index is 0.398. The van der Waals surface area contributed by atoms with Crippen LogP contribution in [0.5, 0.6) is 0 Å². The van der Waals surface area contributed by atoms with Gasteiger partial charge in [-0.2, -0.15) is 0 Å². The lowest BCUT2D eigenvalue weighted by molar-refractivity contribution is 0.0282. The van der Waals surface area contributed by atoms with E-state index in [1.807, 2.05) is 7.11 Å². The van der Waals surface area contributed by atoms with Crippen LogP contribution in [0.2, 0.25) is 0 Å². The van der Waals surface area contributed by atoms with Gasteiger partial charge in [-0.3, -0.25) is 4.90 Å². The quantitative estimate of drug-likeness (QED) is 0.839. The van der Waals surface area contributed by atoms with Crippen LogP contribution in [0.3, 0.4) is 0 Å². The van der Waals surface area contributed by atoms with Crippen molar-refractivity contribution in [2.75, 3.05) is 26.7 Å². The fraction of sp³-hybridized carbons (Fsp3) is 0.800. The standard InChI is InChI=1S/C15H27N3OS/c1-12(2)7-16-8-15-17-13(11-20-15)9-18-6-4-5-14(10-18)19-3/h11-12,14,16H,4-10H2,1-3H3. The van der Waals surface area contributed by atoms with Crippen molar-refractivity contribution in [3.05, 3.63) is 16.1 Å². The van der Waals surface area contributed by atoms with Crippen LogP contribution in [-0.2, 0) is 17.8 Å². The third kappa shape index (κ3) is 5.13. The largest absolute Gasteiger partial charge is 0.380 e. The van der Waals surface area contributed by atoms with Crippen LogP contribution in [0.15, 0.2) is 5.38 Å². The molecule has 1 aromatic heterocycles. The van der Waals surface area contributed by atoms with Crippen molar-refractivity contribution >= 4 is 11.3 Å². The molecule has 0 radical (unpaired) electrons. The molecule has 1 aliphatic heterocycles. The molecule has 1 atom stereocenters. The molecule has 1 saturated heterocycles. The number of thiazole rings is 1. The zero-order valence-electron chi connectivity index (χ0n) is 12.9. The number of nitrogens with one attached hydrogen (secondary N) is 1. The molecule has 0 saturated carbocycles. The molecular formula is C15H27N3OS. The molecule has 0 spiro atoms. The zero-order chi connectivity index (χ0) is 14.4. The summed E-state index contributed by atoms with van der Waals surface area (Å²) < 4.78 is 5.47. The Morgan fingerprint density at radius 2 is 2.40 bits per heavy atom. The maximum Gasteiger partial charge on any atom is 0.107 e. The molecule has 114 valence electrons. The molecule has 20 heavy (non-hydrogen) atoms. The highest BCUT2D eigenvalue weighted by molar-refractivity contribution is 7.09. The van der Waals surface area contributed by atoms with Crippen molar-refractivity contribution in [3.8, 4) is 0 Å². The average Bonchev–Trinajstić information content (AvgIpc) is 2.86. The predicted molar refractivity (Wildman–Crippen MR) is 84.0 cm³/mol. The molecule has 1 fully saturated rings. The minimum Gasteiger partial charge on any atom is -0.380 e. The van der Waals surface area contributed by atoms with E-state index < -0.39 is 0 Å². The number of hydrogen-bond acceptors (Lipinski definition) is 5. The number of methoxy groups -OCH3 is 1. The van der Waals surface area contributed by atoms with Crippen LogP contribution >= 0.6 is 11.3 Å². The van der Waals surface area contributed by atoms with E-state index in [9.17, 15) is 0 Å². The molecule has 1 N–H and O–H groups in total. The van der Waals surface area contributed by atoms with E-state index >= 15 is 0 Å². The Balaban J connectivity index is 1.77. The lowest BCUT2D eigenvalue weighted by Gasteiger charge is -2.31. The van der Waals surface area contributed by atoms with Crippen LogP contribution in [0.4, 0.5) is 0 Å². The molecule has 0 aromatic carbocycles. The van der Waals surface area contributed by atoms with E-state index in [0.29, 0.717) is 12.0 Å². The monoisotopic (exact) mass is 297 g/mol. The molecule has 2 rings (SSSR count). The van der Waals surface area contributed by atoms with Crippen molar-refractivity contribution < 1.29 is 4.74 Å². The van der Waals surface area contributed by atoms with Gasteiger partial charge in [0, 0.05) is 32.1 Å². The van der Waals surface area contributed by atoms with Crippen molar-refractivity contribution in [3.63, 3.8) is 0 Å². The summed E-state index contributed by atoms with van der Waals surface area (Å²) in [4.78, 5) is 7.18. The first-order valence-electron chi connectivity index (χ1n) is 7.56. The molecule has 1 unspecified atom stereocenters. The van der Waals surface area contributed by atoms with Crippen molar-refractivity contribution in [1.29, 1.82) is 0 Å². The highest BCUT2D eigenvalue weighted by atomic mass is 32.1. The molecule has 5 heteroatoms. The third-order valence-electron chi connectivity index (χ3n) is 3.61. The van der Waals surface area contributed by atoms with Crippen LogP contribution in [0.25, 0.3) is 0 Å². The van der Waals surface area contributed by atoms with Crippen molar-refractivity contribution in [1.82, 2.24) is 15.2 Å². The average molecular weight is 297 g/mol. The van der Waals surface area contributed by atoms with Gasteiger partial charge in [0.15, 0.2) is 0 Å². The summed E-state index contributed by atoms with van der Waals surface area (Å²) in [5, 5.41) is 6.84. The van der Waals surface area contributed by atoms with Crippen LogP contribution in [-0.4, -0.2) is 42.7 Å². The lowest BCUT2D eigenvalue weighted by atomic mass is 10.1. The number of likely N-dealkylation sites (tertiary alicyclic amines) is 1. The molecule has 2 heterocycles. The number of aromatic nitrogens is 1. The summed E-state index contributed by atoms with van der Waals surface area (Å²) in [6.07, 6.45) is 2.81. The summed E-state index contributed by atoms with van der Waals surface area (Å²) in [5.41, 5.74) is 1.20. The lowest BCUT2D eigenvalue weighted by Crippen LogP contribution is -2.38. The minimum absolute atomic E-state index is 0.398. The van der Waals surface area contributed by atoms with Gasteiger partial charge in [0.2, 0.25) is 0 Å². The van der Waals surface area contributed by atoms with Crippen molar-refractivity contribution in [2.24, 2.45) is 5.92 Å². The van der Waals surface area contributed by atoms with Gasteiger partial charge < -0.3 is 10.1 Å². The van der Waals surface area contributed by atoms with Crippen molar-refractivity contribution in [2.45, 2.75) is 45.9 Å². The Bertz CT molecular complexity index is 394. The Hall–Kier alpha value is -0.490. The maximum absolute atomic E-state index is 5.47. The zero-order valence-corrected chi connectivity index (χ0v) is 13.7. The molecule has 0 bridgehead atoms. The summed E-state index contributed by atoms with van der Waals surface area (Å²) in [6, 6.07) is 0. The third-order valence-corrected chi connectivity index (χ3v) is 4.51. The first-order valence-corrected chi connectivity index (χ1v) is 8.44. The predicted octanol–water partition coefficient (Wildman–Crippen LogP) is 2.50. The second-order valence-corrected chi connectivity index (χ2v) is 6.94. The second-order valence-electron chi connectivity index (χ2n) is 5.99. The number of piperidine rings is 1. The fourth-order valence-electron chi connectivity index (χ4n) is 2.55. The summed E-state index contributed by atoms with van der Waals surface area (Å²) in [7, 11) is 1.81. The highest BCUT2D eigenvalue weighted by Crippen LogP contribution is 2.17. The number of hydrogen-bond donors (Lipinski definition) is 1. The van der Waals surface area contributed by atoms with Gasteiger partial charge in [0.05, 0.1) is 11.8 Å². The number of ether oxygens (including phenoxy) is 1. The summed E-state index contributed by atoms with van der Waals surface area (Å²) >= 11 is 1.76. The van der Waals surface area contributed by atoms with Gasteiger partial charge >= 0.3 is 0 Å². The normalized spacial score (nSPS) is 20.7. The molecule has 0 amide bonds. The van der Waals surface area contributed by atoms with Crippen LogP contribution in [0, 0.1) is 5.92 Å². The van der Waals surface area contributed by atoms with E-state index in [1.165, 1.54) is 23.5 Å². The highest BCUT2D eigenvalue weighted by Gasteiger charge is 2.20. The van der Waals surface area contributed by atoms with E-state index in [2.05, 4.69) is 29.4 Å². The van der Waals surface area contributed by atoms with E-state index in [1.54, 1.807) is 11.3 Å².